The van der Waals surface area contributed by atoms with Crippen molar-refractivity contribution < 1.29 is 14.3 Å². The first-order valence-corrected chi connectivity index (χ1v) is 11.9. The van der Waals surface area contributed by atoms with Crippen molar-refractivity contribution in [1.82, 2.24) is 14.8 Å². The normalized spacial score (nSPS) is 19.2. The number of carbonyl (C=O) groups excluding carboxylic acids is 1. The van der Waals surface area contributed by atoms with Crippen molar-refractivity contribution in [3.05, 3.63) is 18.2 Å². The van der Waals surface area contributed by atoms with Gasteiger partial charge < -0.3 is 14.8 Å². The number of fused-ring (bicyclic) bond motifs is 1. The molecule has 2 aliphatic heterocycles. The number of nitrogens with zero attached hydrogens (tertiary/aromatic N) is 3. The highest BCUT2D eigenvalue weighted by Crippen LogP contribution is 2.29. The van der Waals surface area contributed by atoms with Crippen LogP contribution in [0.1, 0.15) is 26.2 Å². The van der Waals surface area contributed by atoms with Gasteiger partial charge in [0.05, 0.1) is 36.6 Å². The highest BCUT2D eigenvalue weighted by Gasteiger charge is 2.22. The number of likely N-dealkylation sites (tertiary alicyclic amines) is 1. The highest BCUT2D eigenvalue weighted by molar-refractivity contribution is 7.22. The van der Waals surface area contributed by atoms with Crippen LogP contribution in [0.2, 0.25) is 0 Å². The van der Waals surface area contributed by atoms with Crippen molar-refractivity contribution in [1.29, 1.82) is 0 Å². The standard InChI is InChI=1S/C22H32N4O3S/c1-2-29-18-3-4-19-20(15-18)30-22(23-19)24-21(27)16-26-9-6-17(7-10-26)5-8-25-11-13-28-14-12-25/h3-4,15,17H,2,5-14,16H2,1H3,(H,23,24,27). The molecular formula is C22H32N4O3S. The molecule has 0 bridgehead atoms. The van der Waals surface area contributed by atoms with E-state index < -0.39 is 0 Å². The average Bonchev–Trinajstić information content (AvgIpc) is 3.15. The number of morpholine rings is 1. The molecule has 1 amide bonds. The third kappa shape index (κ3) is 5.91. The van der Waals surface area contributed by atoms with Crippen molar-refractivity contribution in [2.24, 2.45) is 5.92 Å². The number of piperidine rings is 1. The summed E-state index contributed by atoms with van der Waals surface area (Å²) >= 11 is 1.49. The molecule has 7 nitrogen and oxygen atoms in total. The third-order valence-corrected chi connectivity index (χ3v) is 6.88. The van der Waals surface area contributed by atoms with Gasteiger partial charge in [0.1, 0.15) is 5.75 Å². The summed E-state index contributed by atoms with van der Waals surface area (Å²) in [4.78, 5) is 21.8. The van der Waals surface area contributed by atoms with Gasteiger partial charge in [-0.15, -0.1) is 0 Å². The van der Waals surface area contributed by atoms with Gasteiger partial charge in [-0.05, 0) is 69.9 Å². The van der Waals surface area contributed by atoms with E-state index in [4.69, 9.17) is 9.47 Å². The Morgan fingerprint density at radius 1 is 1.23 bits per heavy atom. The lowest BCUT2D eigenvalue weighted by Gasteiger charge is -2.33. The first kappa shape index (κ1) is 21.5. The first-order valence-electron chi connectivity index (χ1n) is 11.1. The molecule has 3 heterocycles. The Hall–Kier alpha value is -1.74. The molecule has 0 spiro atoms. The number of hydrogen-bond acceptors (Lipinski definition) is 7. The largest absolute Gasteiger partial charge is 0.494 e. The number of thiazole rings is 1. The van der Waals surface area contributed by atoms with Crippen molar-refractivity contribution in [3.8, 4) is 5.75 Å². The Kier molecular flexibility index (Phi) is 7.54. The van der Waals surface area contributed by atoms with Crippen LogP contribution in [0.15, 0.2) is 18.2 Å². The molecule has 0 unspecified atom stereocenters. The van der Waals surface area contributed by atoms with Crippen molar-refractivity contribution >= 4 is 32.6 Å². The van der Waals surface area contributed by atoms with Crippen LogP contribution in [0.25, 0.3) is 10.2 Å². The Labute approximate surface area is 182 Å². The number of hydrogen-bond donors (Lipinski definition) is 1. The van der Waals surface area contributed by atoms with E-state index in [2.05, 4.69) is 20.1 Å². The number of amides is 1. The molecule has 0 radical (unpaired) electrons. The van der Waals surface area contributed by atoms with Crippen molar-refractivity contribution in [2.45, 2.75) is 26.2 Å². The number of aromatic nitrogens is 1. The molecule has 1 N–H and O–H groups in total. The van der Waals surface area contributed by atoms with Gasteiger partial charge in [-0.2, -0.15) is 0 Å². The van der Waals surface area contributed by atoms with Gasteiger partial charge in [0.15, 0.2) is 5.13 Å². The van der Waals surface area contributed by atoms with Gasteiger partial charge in [0.25, 0.3) is 0 Å². The smallest absolute Gasteiger partial charge is 0.240 e. The molecule has 164 valence electrons. The molecule has 2 aliphatic rings. The zero-order valence-electron chi connectivity index (χ0n) is 17.8. The van der Waals surface area contributed by atoms with Crippen molar-refractivity contribution in [3.63, 3.8) is 0 Å². The minimum absolute atomic E-state index is 0.0193. The second-order valence-electron chi connectivity index (χ2n) is 8.09. The molecule has 0 atom stereocenters. The molecule has 2 fully saturated rings. The van der Waals surface area contributed by atoms with Crippen LogP contribution >= 0.6 is 11.3 Å². The molecule has 0 aliphatic carbocycles. The number of benzene rings is 1. The van der Waals surface area contributed by atoms with Gasteiger partial charge in [-0.25, -0.2) is 4.98 Å². The topological polar surface area (TPSA) is 66.9 Å². The molecule has 1 aromatic carbocycles. The van der Waals surface area contributed by atoms with Gasteiger partial charge >= 0.3 is 0 Å². The zero-order chi connectivity index (χ0) is 20.8. The van der Waals surface area contributed by atoms with E-state index in [1.807, 2.05) is 25.1 Å². The van der Waals surface area contributed by atoms with Gasteiger partial charge in [0, 0.05) is 13.1 Å². The summed E-state index contributed by atoms with van der Waals surface area (Å²) in [6, 6.07) is 5.84. The van der Waals surface area contributed by atoms with Crippen LogP contribution in [0.4, 0.5) is 5.13 Å². The highest BCUT2D eigenvalue weighted by atomic mass is 32.1. The lowest BCUT2D eigenvalue weighted by Crippen LogP contribution is -2.41. The first-order chi connectivity index (χ1) is 14.7. The summed E-state index contributed by atoms with van der Waals surface area (Å²) < 4.78 is 12.0. The van der Waals surface area contributed by atoms with E-state index in [-0.39, 0.29) is 5.91 Å². The molecule has 8 heteroatoms. The molecule has 2 aromatic rings. The minimum atomic E-state index is 0.0193. The predicted octanol–water partition coefficient (Wildman–Crippen LogP) is 3.07. The fourth-order valence-corrected chi connectivity index (χ4v) is 5.11. The van der Waals surface area contributed by atoms with Crippen molar-refractivity contribution in [2.75, 3.05) is 64.4 Å². The van der Waals surface area contributed by atoms with E-state index in [1.54, 1.807) is 0 Å². The van der Waals surface area contributed by atoms with Crippen LogP contribution in [-0.2, 0) is 9.53 Å². The average molecular weight is 433 g/mol. The van der Waals surface area contributed by atoms with Gasteiger partial charge in [-0.1, -0.05) is 11.3 Å². The summed E-state index contributed by atoms with van der Waals surface area (Å²) in [6.07, 6.45) is 3.62. The van der Waals surface area contributed by atoms with E-state index in [9.17, 15) is 4.79 Å². The second kappa shape index (κ2) is 10.5. The van der Waals surface area contributed by atoms with E-state index in [0.29, 0.717) is 18.3 Å². The number of rotatable bonds is 8. The Morgan fingerprint density at radius 2 is 2.03 bits per heavy atom. The zero-order valence-corrected chi connectivity index (χ0v) is 18.6. The summed E-state index contributed by atoms with van der Waals surface area (Å²) in [5.74, 6) is 1.63. The maximum atomic E-state index is 12.5. The van der Waals surface area contributed by atoms with E-state index >= 15 is 0 Å². The maximum absolute atomic E-state index is 12.5. The number of nitrogens with one attached hydrogen (secondary N) is 1. The van der Waals surface area contributed by atoms with Crippen LogP contribution in [-0.4, -0.2) is 79.8 Å². The Bertz CT molecular complexity index is 829. The molecular weight excluding hydrogens is 400 g/mol. The number of carbonyl (C=O) groups is 1. The number of ether oxygens (including phenoxy) is 2. The summed E-state index contributed by atoms with van der Waals surface area (Å²) in [6.45, 7) is 10.1. The lowest BCUT2D eigenvalue weighted by atomic mass is 9.93. The Morgan fingerprint density at radius 3 is 2.80 bits per heavy atom. The second-order valence-corrected chi connectivity index (χ2v) is 9.12. The minimum Gasteiger partial charge on any atom is -0.494 e. The fraction of sp³-hybridized carbons (Fsp3) is 0.636. The van der Waals surface area contributed by atoms with E-state index in [0.717, 1.165) is 61.3 Å². The predicted molar refractivity (Wildman–Crippen MR) is 120 cm³/mol. The van der Waals surface area contributed by atoms with Crippen LogP contribution in [0.5, 0.6) is 5.75 Å². The molecule has 4 rings (SSSR count). The molecule has 2 saturated heterocycles. The lowest BCUT2D eigenvalue weighted by molar-refractivity contribution is -0.117. The SMILES string of the molecule is CCOc1ccc2nc(NC(=O)CN3CCC(CCN4CCOCC4)CC3)sc2c1. The fourth-order valence-electron chi connectivity index (χ4n) is 4.20. The molecule has 30 heavy (non-hydrogen) atoms. The van der Waals surface area contributed by atoms with Gasteiger partial charge in [0.2, 0.25) is 5.91 Å². The molecule has 0 saturated carbocycles. The van der Waals surface area contributed by atoms with E-state index in [1.165, 1.54) is 37.1 Å². The third-order valence-electron chi connectivity index (χ3n) is 5.95. The summed E-state index contributed by atoms with van der Waals surface area (Å²) in [5, 5.41) is 3.63. The van der Waals surface area contributed by atoms with Crippen LogP contribution < -0.4 is 10.1 Å². The molecule has 1 aromatic heterocycles. The van der Waals surface area contributed by atoms with Crippen LogP contribution in [0.3, 0.4) is 0 Å². The maximum Gasteiger partial charge on any atom is 0.240 e. The Balaban J connectivity index is 1.20. The number of anilines is 1. The summed E-state index contributed by atoms with van der Waals surface area (Å²) in [5.41, 5.74) is 0.889. The quantitative estimate of drug-likeness (QED) is 0.692. The van der Waals surface area contributed by atoms with Gasteiger partial charge in [-0.3, -0.25) is 14.6 Å². The summed E-state index contributed by atoms with van der Waals surface area (Å²) in [7, 11) is 0. The monoisotopic (exact) mass is 432 g/mol. The van der Waals surface area contributed by atoms with Crippen LogP contribution in [0, 0.1) is 5.92 Å².